The summed E-state index contributed by atoms with van der Waals surface area (Å²) in [6, 6.07) is 1.05. The third kappa shape index (κ3) is 10.5. The van der Waals surface area contributed by atoms with Crippen LogP contribution >= 0.6 is 0 Å². The lowest BCUT2D eigenvalue weighted by Crippen LogP contribution is -2.36. The van der Waals surface area contributed by atoms with Crippen molar-refractivity contribution in [2.24, 2.45) is 0 Å². The van der Waals surface area contributed by atoms with Gasteiger partial charge in [-0.2, -0.15) is 0 Å². The molecular weight excluding hydrogens is 319 g/mol. The van der Waals surface area contributed by atoms with E-state index in [-0.39, 0.29) is 6.10 Å². The van der Waals surface area contributed by atoms with E-state index in [0.29, 0.717) is 24.9 Å². The van der Waals surface area contributed by atoms with E-state index in [1.165, 1.54) is 12.8 Å². The average Bonchev–Trinajstić information content (AvgIpc) is 2.89. The van der Waals surface area contributed by atoms with Gasteiger partial charge in [-0.1, -0.05) is 13.8 Å². The Hall–Kier alpha value is -0.230. The van der Waals surface area contributed by atoms with Crippen molar-refractivity contribution in [3.05, 3.63) is 0 Å². The average molecular weight is 363 g/mol. The minimum atomic E-state index is -1.02. The van der Waals surface area contributed by atoms with Crippen LogP contribution < -0.4 is 0 Å². The number of aliphatic hydroxyl groups is 2. The van der Waals surface area contributed by atoms with E-state index in [2.05, 4.69) is 37.5 Å². The summed E-state index contributed by atoms with van der Waals surface area (Å²) in [6.45, 7) is 16.2. The predicted octanol–water partition coefficient (Wildman–Crippen LogP) is 3.46. The zero-order valence-corrected chi connectivity index (χ0v) is 17.4. The Labute approximate surface area is 155 Å². The smallest absolute Gasteiger partial charge is 0.127 e. The zero-order chi connectivity index (χ0) is 19.4. The normalized spacial score (nSPS) is 29.2. The van der Waals surface area contributed by atoms with Gasteiger partial charge < -0.3 is 15.1 Å². The van der Waals surface area contributed by atoms with Crippen molar-refractivity contribution in [3.8, 4) is 0 Å². The van der Waals surface area contributed by atoms with E-state index in [1.54, 1.807) is 0 Å². The molecule has 2 N–H and O–H groups in total. The van der Waals surface area contributed by atoms with Crippen molar-refractivity contribution in [2.45, 2.75) is 104 Å². The number of β-amino-alcohol motifs (C(OH)–C–C–N with tert-alkyl or cyclic N) is 1. The van der Waals surface area contributed by atoms with E-state index in [9.17, 15) is 14.6 Å². The Morgan fingerprint density at radius 3 is 1.92 bits per heavy atom. The van der Waals surface area contributed by atoms with Gasteiger partial charge in [0.25, 0.3) is 0 Å². The van der Waals surface area contributed by atoms with Crippen LogP contribution in [0.5, 0.6) is 0 Å². The van der Waals surface area contributed by atoms with Gasteiger partial charge in [-0.25, -0.2) is 4.39 Å². The van der Waals surface area contributed by atoms with Crippen LogP contribution in [-0.2, 0) is 0 Å². The van der Waals surface area contributed by atoms with Gasteiger partial charge in [0.05, 0.1) is 12.2 Å². The molecule has 0 aromatic rings. The second-order valence-corrected chi connectivity index (χ2v) is 7.53. The van der Waals surface area contributed by atoms with Crippen molar-refractivity contribution in [2.75, 3.05) is 26.2 Å². The molecule has 0 spiro atoms. The zero-order valence-electron chi connectivity index (χ0n) is 17.4. The minimum Gasteiger partial charge on any atom is -0.392 e. The summed E-state index contributed by atoms with van der Waals surface area (Å²) in [7, 11) is 0. The summed E-state index contributed by atoms with van der Waals surface area (Å²) in [6.07, 6.45) is 2.61. The first-order valence-corrected chi connectivity index (χ1v) is 10.3. The number of alkyl halides is 1. The van der Waals surface area contributed by atoms with Crippen molar-refractivity contribution in [1.82, 2.24) is 9.80 Å². The van der Waals surface area contributed by atoms with Gasteiger partial charge in [-0.3, -0.25) is 4.90 Å². The molecule has 0 aromatic heterocycles. The number of hydrogen-bond acceptors (Lipinski definition) is 4. The molecule has 0 amide bonds. The summed E-state index contributed by atoms with van der Waals surface area (Å²) in [5.74, 6) is 0. The number of hydrogen-bond donors (Lipinski definition) is 2. The molecule has 2 saturated heterocycles. The van der Waals surface area contributed by atoms with Crippen LogP contribution in [0.25, 0.3) is 0 Å². The van der Waals surface area contributed by atoms with Gasteiger partial charge in [0.2, 0.25) is 0 Å². The third-order valence-electron chi connectivity index (χ3n) is 4.96. The number of likely N-dealkylation sites (tertiary alicyclic amines) is 2. The highest BCUT2D eigenvalue weighted by Crippen LogP contribution is 2.16. The van der Waals surface area contributed by atoms with Crippen LogP contribution in [0, 0.1) is 0 Å². The Morgan fingerprint density at radius 2 is 1.36 bits per heavy atom. The van der Waals surface area contributed by atoms with Crippen LogP contribution in [0.2, 0.25) is 0 Å². The van der Waals surface area contributed by atoms with Crippen LogP contribution in [0.4, 0.5) is 4.39 Å². The summed E-state index contributed by atoms with van der Waals surface area (Å²) >= 11 is 0. The van der Waals surface area contributed by atoms with Crippen LogP contribution in [-0.4, -0.2) is 76.7 Å². The fraction of sp³-hybridized carbons (Fsp3) is 1.00. The molecule has 3 atom stereocenters. The summed E-state index contributed by atoms with van der Waals surface area (Å²) < 4.78 is 13.0. The molecule has 4 nitrogen and oxygen atoms in total. The van der Waals surface area contributed by atoms with Crippen molar-refractivity contribution >= 4 is 0 Å². The lowest BCUT2D eigenvalue weighted by molar-refractivity contribution is 0.0753. The monoisotopic (exact) mass is 362 g/mol. The fourth-order valence-electron chi connectivity index (χ4n) is 3.21. The fourth-order valence-corrected chi connectivity index (χ4v) is 3.21. The SMILES string of the molecule is CC.CC(C)N1CCC(O)C(F)CC1.CC(C)N1CCCCC(O)C1. The molecule has 0 bridgehead atoms. The van der Waals surface area contributed by atoms with Crippen LogP contribution in [0.1, 0.15) is 73.6 Å². The molecule has 2 rings (SSSR count). The Morgan fingerprint density at radius 1 is 0.800 bits per heavy atom. The predicted molar refractivity (Wildman–Crippen MR) is 105 cm³/mol. The number of halogens is 1. The van der Waals surface area contributed by atoms with E-state index in [4.69, 9.17) is 0 Å². The minimum absolute atomic E-state index is 0.0834. The first kappa shape index (κ1) is 24.8. The highest BCUT2D eigenvalue weighted by Gasteiger charge is 2.24. The topological polar surface area (TPSA) is 46.9 Å². The highest BCUT2D eigenvalue weighted by atomic mass is 19.1. The first-order chi connectivity index (χ1) is 11.8. The third-order valence-corrected chi connectivity index (χ3v) is 4.96. The summed E-state index contributed by atoms with van der Waals surface area (Å²) in [5.41, 5.74) is 0. The standard InChI is InChI=1S/C9H18FNO.C9H19NO.C2H6/c1-7(2)11-5-3-8(10)9(12)4-6-11;1-8(2)10-6-4-3-5-9(11)7-10;1-2/h7-9,12H,3-6H2,1-2H3;8-9,11H,3-7H2,1-2H3;1-2H3. The van der Waals surface area contributed by atoms with Crippen LogP contribution in [0.3, 0.4) is 0 Å². The Balaban J connectivity index is 0.000000421. The molecule has 2 aliphatic rings. The Bertz CT molecular complexity index is 304. The maximum absolute atomic E-state index is 13.0. The van der Waals surface area contributed by atoms with Crippen molar-refractivity contribution in [1.29, 1.82) is 0 Å². The maximum Gasteiger partial charge on any atom is 0.127 e. The number of aliphatic hydroxyl groups excluding tert-OH is 2. The summed E-state index contributed by atoms with van der Waals surface area (Å²) in [5, 5.41) is 18.7. The van der Waals surface area contributed by atoms with Gasteiger partial charge in [0, 0.05) is 31.7 Å². The molecule has 0 radical (unpaired) electrons. The van der Waals surface area contributed by atoms with Gasteiger partial charge in [0.1, 0.15) is 6.17 Å². The van der Waals surface area contributed by atoms with Gasteiger partial charge in [-0.05, 0) is 66.3 Å². The molecule has 2 fully saturated rings. The second kappa shape index (κ2) is 13.9. The lowest BCUT2D eigenvalue weighted by atomic mass is 10.1. The van der Waals surface area contributed by atoms with E-state index in [0.717, 1.165) is 32.6 Å². The molecule has 2 heterocycles. The lowest BCUT2D eigenvalue weighted by Gasteiger charge is -2.25. The maximum atomic E-state index is 13.0. The van der Waals surface area contributed by atoms with Gasteiger partial charge in [0.15, 0.2) is 0 Å². The molecule has 2 aliphatic heterocycles. The largest absolute Gasteiger partial charge is 0.392 e. The number of nitrogens with zero attached hydrogens (tertiary/aromatic N) is 2. The summed E-state index contributed by atoms with van der Waals surface area (Å²) in [4.78, 5) is 4.57. The van der Waals surface area contributed by atoms with E-state index < -0.39 is 12.3 Å². The number of rotatable bonds is 2. The molecule has 152 valence electrons. The van der Waals surface area contributed by atoms with Gasteiger partial charge in [-0.15, -0.1) is 0 Å². The van der Waals surface area contributed by atoms with Crippen molar-refractivity contribution < 1.29 is 14.6 Å². The van der Waals surface area contributed by atoms with E-state index in [1.807, 2.05) is 13.8 Å². The van der Waals surface area contributed by atoms with Crippen molar-refractivity contribution in [3.63, 3.8) is 0 Å². The molecular formula is C20H43FN2O2. The first-order valence-electron chi connectivity index (χ1n) is 10.3. The van der Waals surface area contributed by atoms with Crippen LogP contribution in [0.15, 0.2) is 0 Å². The second-order valence-electron chi connectivity index (χ2n) is 7.53. The Kier molecular flexibility index (Phi) is 13.8. The molecule has 0 aromatic carbocycles. The molecule has 3 unspecified atom stereocenters. The van der Waals surface area contributed by atoms with E-state index >= 15 is 0 Å². The molecule has 0 aliphatic carbocycles. The molecule has 0 saturated carbocycles. The highest BCUT2D eigenvalue weighted by molar-refractivity contribution is 4.77. The molecule has 25 heavy (non-hydrogen) atoms. The van der Waals surface area contributed by atoms with Gasteiger partial charge >= 0.3 is 0 Å². The molecule has 5 heteroatoms. The quantitative estimate of drug-likeness (QED) is 0.790.